The van der Waals surface area contributed by atoms with E-state index >= 15 is 0 Å². The van der Waals surface area contributed by atoms with Crippen LogP contribution in [0, 0.1) is 6.92 Å². The van der Waals surface area contributed by atoms with E-state index < -0.39 is 6.09 Å². The van der Waals surface area contributed by atoms with Gasteiger partial charge in [-0.15, -0.1) is 4.68 Å². The number of aromatic nitrogens is 4. The molecule has 2 rings (SSSR count). The third kappa shape index (κ3) is 1.52. The van der Waals surface area contributed by atoms with Crippen molar-refractivity contribution < 1.29 is 9.53 Å². The van der Waals surface area contributed by atoms with E-state index in [9.17, 15) is 4.79 Å². The van der Waals surface area contributed by atoms with Crippen molar-refractivity contribution in [2.75, 3.05) is 7.11 Å². The van der Waals surface area contributed by atoms with Gasteiger partial charge in [-0.1, -0.05) is 11.6 Å². The van der Waals surface area contributed by atoms with Gasteiger partial charge in [0.2, 0.25) is 0 Å². The zero-order chi connectivity index (χ0) is 11.0. The number of ether oxygens (including phenoxy) is 1. The molecule has 0 aliphatic heterocycles. The van der Waals surface area contributed by atoms with Crippen LogP contribution < -0.4 is 0 Å². The Hall–Kier alpha value is -1.69. The van der Waals surface area contributed by atoms with Crippen molar-refractivity contribution in [3.63, 3.8) is 0 Å². The second kappa shape index (κ2) is 3.47. The van der Waals surface area contributed by atoms with Gasteiger partial charge >= 0.3 is 6.09 Å². The number of hydrogen-bond acceptors (Lipinski definition) is 5. The summed E-state index contributed by atoms with van der Waals surface area (Å²) >= 11 is 5.87. The van der Waals surface area contributed by atoms with Gasteiger partial charge in [-0.2, -0.15) is 5.10 Å². The number of nitrogens with zero attached hydrogens (tertiary/aromatic N) is 4. The first-order chi connectivity index (χ1) is 7.13. The summed E-state index contributed by atoms with van der Waals surface area (Å²) in [6.07, 6.45) is 0.813. The van der Waals surface area contributed by atoms with Crippen LogP contribution in [0.5, 0.6) is 0 Å². The number of carbonyl (C=O) groups excluding carboxylic acids is 1. The molecule has 0 N–H and O–H groups in total. The predicted octanol–water partition coefficient (Wildman–Crippen LogP) is 1.40. The number of carbonyl (C=O) groups is 1. The Labute approximate surface area is 89.8 Å². The number of hydrogen-bond donors (Lipinski definition) is 0. The van der Waals surface area contributed by atoms with Gasteiger partial charge in [0.05, 0.1) is 18.7 Å². The highest BCUT2D eigenvalue weighted by molar-refractivity contribution is 6.34. The molecule has 2 aromatic heterocycles. The minimum atomic E-state index is -0.612. The lowest BCUT2D eigenvalue weighted by atomic mass is 10.4. The fourth-order valence-corrected chi connectivity index (χ4v) is 1.45. The molecule has 6 nitrogen and oxygen atoms in total. The van der Waals surface area contributed by atoms with E-state index in [-0.39, 0.29) is 5.15 Å². The maximum atomic E-state index is 11.3. The maximum absolute atomic E-state index is 11.3. The van der Waals surface area contributed by atoms with E-state index in [2.05, 4.69) is 19.8 Å². The van der Waals surface area contributed by atoms with Crippen molar-refractivity contribution in [2.24, 2.45) is 0 Å². The monoisotopic (exact) mass is 226 g/mol. The minimum absolute atomic E-state index is 0.271. The quantitative estimate of drug-likeness (QED) is 0.635. The second-order valence-electron chi connectivity index (χ2n) is 2.83. The Kier molecular flexibility index (Phi) is 2.28. The van der Waals surface area contributed by atoms with Gasteiger partial charge in [-0.3, -0.25) is 0 Å². The molecule has 15 heavy (non-hydrogen) atoms. The average Bonchev–Trinajstić information content (AvgIpc) is 2.60. The van der Waals surface area contributed by atoms with Crippen molar-refractivity contribution in [3.05, 3.63) is 17.2 Å². The summed E-state index contributed by atoms with van der Waals surface area (Å²) in [5.74, 6) is 0.471. The zero-order valence-electron chi connectivity index (χ0n) is 8.06. The summed E-state index contributed by atoms with van der Waals surface area (Å²) in [6, 6.07) is 0. The first-order valence-electron chi connectivity index (χ1n) is 4.09. The molecule has 0 saturated heterocycles. The molecule has 0 fully saturated rings. The molecule has 0 spiro atoms. The summed E-state index contributed by atoms with van der Waals surface area (Å²) in [7, 11) is 1.27. The van der Waals surface area contributed by atoms with Crippen LogP contribution in [0.25, 0.3) is 11.0 Å². The zero-order valence-corrected chi connectivity index (χ0v) is 8.82. The van der Waals surface area contributed by atoms with Gasteiger partial charge in [0.1, 0.15) is 11.0 Å². The third-order valence-corrected chi connectivity index (χ3v) is 2.13. The lowest BCUT2D eigenvalue weighted by Crippen LogP contribution is -2.13. The molecule has 0 bridgehead atoms. The Morgan fingerprint density at radius 3 is 2.93 bits per heavy atom. The Morgan fingerprint density at radius 1 is 1.53 bits per heavy atom. The number of methoxy groups -OCH3 is 1. The Balaban J connectivity index is 2.74. The van der Waals surface area contributed by atoms with Gasteiger partial charge in [0, 0.05) is 0 Å². The normalized spacial score (nSPS) is 10.6. The van der Waals surface area contributed by atoms with E-state index in [0.717, 1.165) is 4.68 Å². The topological polar surface area (TPSA) is 69.9 Å². The van der Waals surface area contributed by atoms with Crippen molar-refractivity contribution >= 4 is 28.7 Å². The first-order valence-corrected chi connectivity index (χ1v) is 4.47. The number of aryl methyl sites for hydroxylation is 1. The van der Waals surface area contributed by atoms with Crippen LogP contribution in [0.2, 0.25) is 5.15 Å². The van der Waals surface area contributed by atoms with E-state index in [1.54, 1.807) is 6.92 Å². The van der Waals surface area contributed by atoms with Gasteiger partial charge < -0.3 is 4.74 Å². The van der Waals surface area contributed by atoms with E-state index in [4.69, 9.17) is 11.6 Å². The van der Waals surface area contributed by atoms with Crippen molar-refractivity contribution in [1.82, 2.24) is 19.7 Å². The molecule has 2 heterocycles. The smallest absolute Gasteiger partial charge is 0.436 e. The summed E-state index contributed by atoms with van der Waals surface area (Å²) in [4.78, 5) is 19.3. The average molecular weight is 227 g/mol. The molecule has 0 unspecified atom stereocenters. The molecule has 0 aromatic carbocycles. The highest BCUT2D eigenvalue weighted by Gasteiger charge is 2.14. The number of fused-ring (bicyclic) bond motifs is 1. The molecular formula is C8H7ClN4O2. The molecule has 78 valence electrons. The summed E-state index contributed by atoms with van der Waals surface area (Å²) < 4.78 is 5.58. The summed E-state index contributed by atoms with van der Waals surface area (Å²) in [5.41, 5.74) is 0.347. The van der Waals surface area contributed by atoms with Gasteiger partial charge in [-0.05, 0) is 6.92 Å². The highest BCUT2D eigenvalue weighted by atomic mass is 35.5. The summed E-state index contributed by atoms with van der Waals surface area (Å²) in [5, 5.41) is 4.62. The largest absolute Gasteiger partial charge is 0.451 e. The Morgan fingerprint density at radius 2 is 2.27 bits per heavy atom. The fraction of sp³-hybridized carbons (Fsp3) is 0.250. The lowest BCUT2D eigenvalue weighted by molar-refractivity contribution is 0.170. The number of halogens is 1. The molecule has 2 aromatic rings. The minimum Gasteiger partial charge on any atom is -0.451 e. The predicted molar refractivity (Wildman–Crippen MR) is 52.9 cm³/mol. The lowest BCUT2D eigenvalue weighted by Gasteiger charge is -2.00. The van der Waals surface area contributed by atoms with Crippen LogP contribution in [0.1, 0.15) is 5.82 Å². The van der Waals surface area contributed by atoms with Gasteiger partial charge in [-0.25, -0.2) is 14.8 Å². The van der Waals surface area contributed by atoms with Crippen LogP contribution in [0.4, 0.5) is 4.79 Å². The van der Waals surface area contributed by atoms with Crippen LogP contribution in [0.15, 0.2) is 6.20 Å². The molecular weight excluding hydrogens is 220 g/mol. The molecule has 0 atom stereocenters. The second-order valence-corrected chi connectivity index (χ2v) is 3.18. The van der Waals surface area contributed by atoms with E-state index in [0.29, 0.717) is 16.9 Å². The van der Waals surface area contributed by atoms with E-state index in [1.807, 2.05) is 0 Å². The van der Waals surface area contributed by atoms with Gasteiger partial charge in [0.25, 0.3) is 0 Å². The van der Waals surface area contributed by atoms with Crippen molar-refractivity contribution in [2.45, 2.75) is 6.92 Å². The number of rotatable bonds is 0. The van der Waals surface area contributed by atoms with Crippen LogP contribution >= 0.6 is 11.6 Å². The molecule has 0 saturated carbocycles. The first kappa shape index (κ1) is 9.85. The standard InChI is InChI=1S/C8H7ClN4O2/c1-4-11-6(9)5-3-10-13(7(5)12-4)8(14)15-2/h3H,1-2H3. The van der Waals surface area contributed by atoms with E-state index in [1.165, 1.54) is 13.3 Å². The summed E-state index contributed by atoms with van der Waals surface area (Å²) in [6.45, 7) is 1.68. The van der Waals surface area contributed by atoms with Crippen molar-refractivity contribution in [3.8, 4) is 0 Å². The molecule has 7 heteroatoms. The molecule has 0 aliphatic carbocycles. The van der Waals surface area contributed by atoms with Crippen molar-refractivity contribution in [1.29, 1.82) is 0 Å². The van der Waals surface area contributed by atoms with Gasteiger partial charge in [0.15, 0.2) is 5.65 Å². The highest BCUT2D eigenvalue weighted by Crippen LogP contribution is 2.19. The SMILES string of the molecule is COC(=O)n1ncc2c(Cl)nc(C)nc21. The third-order valence-electron chi connectivity index (χ3n) is 1.84. The van der Waals surface area contributed by atoms with Crippen LogP contribution in [-0.2, 0) is 4.74 Å². The molecule has 0 amide bonds. The molecule has 0 aliphatic rings. The maximum Gasteiger partial charge on any atom is 0.436 e. The van der Waals surface area contributed by atoms with Crippen LogP contribution in [0.3, 0.4) is 0 Å². The Bertz CT molecular complexity index is 537. The van der Waals surface area contributed by atoms with Crippen LogP contribution in [-0.4, -0.2) is 33.0 Å². The molecule has 0 radical (unpaired) electrons. The fourth-order valence-electron chi connectivity index (χ4n) is 1.20.